The Morgan fingerprint density at radius 3 is 2.42 bits per heavy atom. The number of amides is 3. The van der Waals surface area contributed by atoms with Crippen LogP contribution in [0.4, 0.5) is 5.69 Å². The molecule has 3 amide bonds. The smallest absolute Gasteiger partial charge is 0.250 e. The summed E-state index contributed by atoms with van der Waals surface area (Å²) in [4.78, 5) is 43.4. The van der Waals surface area contributed by atoms with Gasteiger partial charge in [0.1, 0.15) is 11.6 Å². The lowest BCUT2D eigenvalue weighted by Gasteiger charge is -2.34. The number of anilines is 1. The number of carbonyl (C=O) groups excluding carboxylic acids is 3. The molecule has 0 aliphatic carbocycles. The lowest BCUT2D eigenvalue weighted by Crippen LogP contribution is -2.54. The summed E-state index contributed by atoms with van der Waals surface area (Å²) in [6.45, 7) is 4.78. The fraction of sp³-hybridized carbons (Fsp3) is 0.516. The van der Waals surface area contributed by atoms with Crippen LogP contribution in [-0.2, 0) is 25.7 Å². The van der Waals surface area contributed by atoms with E-state index in [9.17, 15) is 14.4 Å². The highest BCUT2D eigenvalue weighted by Gasteiger charge is 2.76. The minimum absolute atomic E-state index is 0.135. The van der Waals surface area contributed by atoms with Crippen molar-refractivity contribution in [2.75, 3.05) is 18.5 Å². The van der Waals surface area contributed by atoms with E-state index in [0.717, 1.165) is 35.2 Å². The first-order valence-corrected chi connectivity index (χ1v) is 15.1. The number of unbranched alkanes of at least 4 members (excludes halogenated alkanes) is 3. The van der Waals surface area contributed by atoms with E-state index in [1.54, 1.807) is 4.90 Å². The van der Waals surface area contributed by atoms with Crippen LogP contribution in [0.25, 0.3) is 0 Å². The van der Waals surface area contributed by atoms with E-state index in [4.69, 9.17) is 9.84 Å². The number of alkyl halides is 1. The van der Waals surface area contributed by atoms with Crippen molar-refractivity contribution in [2.24, 2.45) is 11.8 Å². The molecular weight excluding hydrogens is 574 g/mol. The van der Waals surface area contributed by atoms with Gasteiger partial charge in [-0.2, -0.15) is 0 Å². The van der Waals surface area contributed by atoms with E-state index in [0.29, 0.717) is 32.4 Å². The summed E-state index contributed by atoms with van der Waals surface area (Å²) >= 11 is 3.73. The predicted octanol–water partition coefficient (Wildman–Crippen LogP) is 3.86. The Morgan fingerprint density at radius 1 is 1.02 bits per heavy atom. The second kappa shape index (κ2) is 12.0. The number of hydrogen-bond acceptors (Lipinski definition) is 5. The van der Waals surface area contributed by atoms with Gasteiger partial charge in [-0.15, -0.1) is 0 Å². The third kappa shape index (κ3) is 5.19. The highest BCUT2D eigenvalue weighted by Crippen LogP contribution is 2.60. The molecule has 6 atom stereocenters. The zero-order chi connectivity index (χ0) is 28.4. The highest BCUT2D eigenvalue weighted by atomic mass is 79.9. The molecule has 3 aliphatic heterocycles. The maximum Gasteiger partial charge on any atom is 0.250 e. The monoisotopic (exact) mass is 611 g/mol. The lowest BCUT2D eigenvalue weighted by atomic mass is 9.70. The van der Waals surface area contributed by atoms with Crippen LogP contribution in [0.2, 0.25) is 0 Å². The molecule has 3 saturated heterocycles. The summed E-state index contributed by atoms with van der Waals surface area (Å²) in [7, 11) is 0. The molecule has 9 heteroatoms. The maximum atomic E-state index is 14.1. The standard InChI is InChI=1S/C31H38BrN3O5/c1-19-11-10-12-20(2)25(19)34-29(38)27-31-17-22(32)26(40-31)23(28(37)33-18-21-13-6-5-7-14-21)24(31)30(39)35(27)15-8-3-4-9-16-36/h5-7,10-14,22-24,26-27,36H,3-4,8-9,15-18H2,1-2H3,(H,33,37)(H,34,38)/t22?,23-,24+,26-,27?,31?/m1/s1. The van der Waals surface area contributed by atoms with E-state index < -0.39 is 29.6 Å². The highest BCUT2D eigenvalue weighted by molar-refractivity contribution is 9.09. The molecule has 0 radical (unpaired) electrons. The molecule has 40 heavy (non-hydrogen) atoms. The Balaban J connectivity index is 1.43. The fourth-order valence-corrected chi connectivity index (χ4v) is 7.77. The number of rotatable bonds is 11. The second-order valence-corrected chi connectivity index (χ2v) is 12.5. The molecule has 3 N–H and O–H groups in total. The van der Waals surface area contributed by atoms with Crippen molar-refractivity contribution in [2.45, 2.75) is 75.1 Å². The first-order valence-electron chi connectivity index (χ1n) is 14.2. The third-order valence-electron chi connectivity index (χ3n) is 8.69. The summed E-state index contributed by atoms with van der Waals surface area (Å²) in [5.74, 6) is -2.12. The SMILES string of the molecule is Cc1cccc(C)c1NC(=O)C1N(CCCCCCO)C(=O)[C@@H]2[C@@H](C(=O)NCc3ccccc3)[C@@H]3OC12CC3Br. The molecule has 2 bridgehead atoms. The number of ether oxygens (including phenoxy) is 1. The van der Waals surface area contributed by atoms with Crippen molar-refractivity contribution in [1.82, 2.24) is 10.2 Å². The third-order valence-corrected chi connectivity index (χ3v) is 9.53. The van der Waals surface area contributed by atoms with Crippen molar-refractivity contribution in [3.63, 3.8) is 0 Å². The number of benzene rings is 2. The maximum absolute atomic E-state index is 14.1. The number of aliphatic hydroxyl groups excluding tert-OH is 1. The van der Waals surface area contributed by atoms with E-state index in [2.05, 4.69) is 26.6 Å². The van der Waals surface area contributed by atoms with Crippen LogP contribution in [0.3, 0.4) is 0 Å². The van der Waals surface area contributed by atoms with E-state index >= 15 is 0 Å². The summed E-state index contributed by atoms with van der Waals surface area (Å²) < 4.78 is 6.60. The topological polar surface area (TPSA) is 108 Å². The predicted molar refractivity (Wildman–Crippen MR) is 156 cm³/mol. The van der Waals surface area contributed by atoms with Gasteiger partial charge in [0, 0.05) is 30.2 Å². The molecule has 3 aliphatic rings. The van der Waals surface area contributed by atoms with Crippen molar-refractivity contribution in [3.05, 3.63) is 65.2 Å². The van der Waals surface area contributed by atoms with Crippen LogP contribution in [0.15, 0.2) is 48.5 Å². The second-order valence-electron chi connectivity index (χ2n) is 11.3. The number of nitrogens with zero attached hydrogens (tertiary/aromatic N) is 1. The van der Waals surface area contributed by atoms with E-state index in [1.165, 1.54) is 0 Å². The van der Waals surface area contributed by atoms with Crippen LogP contribution < -0.4 is 10.6 Å². The first-order chi connectivity index (χ1) is 19.3. The summed E-state index contributed by atoms with van der Waals surface area (Å²) in [5.41, 5.74) is 2.50. The summed E-state index contributed by atoms with van der Waals surface area (Å²) in [5, 5.41) is 15.3. The van der Waals surface area contributed by atoms with Gasteiger partial charge in [-0.05, 0) is 49.8 Å². The number of aryl methyl sites for hydroxylation is 2. The van der Waals surface area contributed by atoms with Crippen LogP contribution in [-0.4, -0.2) is 63.5 Å². The van der Waals surface area contributed by atoms with Crippen molar-refractivity contribution in [3.8, 4) is 0 Å². The zero-order valence-corrected chi connectivity index (χ0v) is 24.7. The number of nitrogens with one attached hydrogen (secondary N) is 2. The zero-order valence-electron chi connectivity index (χ0n) is 23.1. The molecular formula is C31H38BrN3O5. The largest absolute Gasteiger partial charge is 0.396 e. The number of likely N-dealkylation sites (tertiary alicyclic amines) is 1. The summed E-state index contributed by atoms with van der Waals surface area (Å²) in [6.07, 6.45) is 3.07. The van der Waals surface area contributed by atoms with Gasteiger partial charge in [0.05, 0.1) is 17.9 Å². The van der Waals surface area contributed by atoms with E-state index in [-0.39, 0.29) is 29.2 Å². The first kappa shape index (κ1) is 28.8. The average Bonchev–Trinajstić information content (AvgIpc) is 3.53. The number of hydrogen-bond donors (Lipinski definition) is 3. The molecule has 3 fully saturated rings. The number of halogens is 1. The molecule has 214 valence electrons. The van der Waals surface area contributed by atoms with Gasteiger partial charge >= 0.3 is 0 Å². The normalized spacial score (nSPS) is 28.6. The minimum atomic E-state index is -1.09. The fourth-order valence-electron chi connectivity index (χ4n) is 6.82. The van der Waals surface area contributed by atoms with Crippen LogP contribution in [0.1, 0.15) is 48.8 Å². The van der Waals surface area contributed by atoms with Gasteiger partial charge < -0.3 is 25.4 Å². The number of para-hydroxylation sites is 1. The molecule has 3 heterocycles. The molecule has 0 aromatic heterocycles. The van der Waals surface area contributed by atoms with Gasteiger partial charge in [-0.25, -0.2) is 0 Å². The number of aliphatic hydroxyl groups is 1. The van der Waals surface area contributed by atoms with E-state index in [1.807, 2.05) is 62.4 Å². The Kier molecular flexibility index (Phi) is 8.63. The van der Waals surface area contributed by atoms with Gasteiger partial charge in [0.2, 0.25) is 17.7 Å². The Labute approximate surface area is 244 Å². The van der Waals surface area contributed by atoms with Gasteiger partial charge in [-0.3, -0.25) is 14.4 Å². The Bertz CT molecular complexity index is 1240. The molecule has 2 aromatic rings. The van der Waals surface area contributed by atoms with Gasteiger partial charge in [-0.1, -0.05) is 77.3 Å². The lowest BCUT2D eigenvalue weighted by molar-refractivity contribution is -0.140. The van der Waals surface area contributed by atoms with Crippen molar-refractivity contribution in [1.29, 1.82) is 0 Å². The van der Waals surface area contributed by atoms with Gasteiger partial charge in [0.25, 0.3) is 0 Å². The molecule has 8 nitrogen and oxygen atoms in total. The Hall–Kier alpha value is -2.75. The molecule has 2 aromatic carbocycles. The molecule has 5 rings (SSSR count). The van der Waals surface area contributed by atoms with Gasteiger partial charge in [0.15, 0.2) is 0 Å². The molecule has 1 spiro atoms. The molecule has 3 unspecified atom stereocenters. The number of fused-ring (bicyclic) bond motifs is 1. The molecule has 0 saturated carbocycles. The average molecular weight is 613 g/mol. The van der Waals surface area contributed by atoms with Crippen molar-refractivity contribution < 1.29 is 24.2 Å². The van der Waals surface area contributed by atoms with Crippen LogP contribution in [0.5, 0.6) is 0 Å². The van der Waals surface area contributed by atoms with Crippen LogP contribution >= 0.6 is 15.9 Å². The number of carbonyl (C=O) groups is 3. The van der Waals surface area contributed by atoms with Crippen LogP contribution in [0, 0.1) is 25.7 Å². The quantitative estimate of drug-likeness (QED) is 0.264. The summed E-state index contributed by atoms with van der Waals surface area (Å²) in [6, 6.07) is 14.6. The van der Waals surface area contributed by atoms with Crippen molar-refractivity contribution >= 4 is 39.3 Å². The Morgan fingerprint density at radius 2 is 1.73 bits per heavy atom. The minimum Gasteiger partial charge on any atom is -0.396 e.